The summed E-state index contributed by atoms with van der Waals surface area (Å²) < 4.78 is 0.973. The molecule has 18 heavy (non-hydrogen) atoms. The molecule has 5 heteroatoms. The number of carboxylic acid groups (broad SMARTS) is 1. The number of carbonyl (C=O) groups excluding carboxylic acids is 1. The minimum absolute atomic E-state index is 0.0763. The van der Waals surface area contributed by atoms with E-state index in [1.165, 1.54) is 0 Å². The first kappa shape index (κ1) is 14.7. The number of aliphatic carboxylic acids is 1. The van der Waals surface area contributed by atoms with Gasteiger partial charge < -0.3 is 10.4 Å². The molecule has 0 saturated heterocycles. The predicted molar refractivity (Wildman–Crippen MR) is 72.4 cm³/mol. The SMILES string of the molecule is CC(C(=O)NCCCC(=O)O)c1ccc(Br)cc1. The molecule has 0 aromatic heterocycles. The second-order valence-corrected chi connectivity index (χ2v) is 4.98. The largest absolute Gasteiger partial charge is 0.481 e. The highest BCUT2D eigenvalue weighted by atomic mass is 79.9. The fraction of sp³-hybridized carbons (Fsp3) is 0.385. The average molecular weight is 314 g/mol. The van der Waals surface area contributed by atoms with Crippen molar-refractivity contribution < 1.29 is 14.7 Å². The Morgan fingerprint density at radius 2 is 1.94 bits per heavy atom. The van der Waals surface area contributed by atoms with Crippen molar-refractivity contribution in [3.05, 3.63) is 34.3 Å². The van der Waals surface area contributed by atoms with E-state index >= 15 is 0 Å². The maximum Gasteiger partial charge on any atom is 0.303 e. The lowest BCUT2D eigenvalue weighted by Crippen LogP contribution is -2.29. The van der Waals surface area contributed by atoms with Crippen LogP contribution >= 0.6 is 15.9 Å². The van der Waals surface area contributed by atoms with E-state index in [-0.39, 0.29) is 18.2 Å². The van der Waals surface area contributed by atoms with E-state index in [2.05, 4.69) is 21.2 Å². The topological polar surface area (TPSA) is 66.4 Å². The molecular formula is C13H16BrNO3. The van der Waals surface area contributed by atoms with Gasteiger partial charge in [0, 0.05) is 17.4 Å². The zero-order valence-electron chi connectivity index (χ0n) is 10.1. The summed E-state index contributed by atoms with van der Waals surface area (Å²) in [5.74, 6) is -1.16. The lowest BCUT2D eigenvalue weighted by atomic mass is 10.0. The Hall–Kier alpha value is -1.36. The first-order valence-corrected chi connectivity index (χ1v) is 6.55. The fourth-order valence-electron chi connectivity index (χ4n) is 1.51. The summed E-state index contributed by atoms with van der Waals surface area (Å²) in [7, 11) is 0. The Balaban J connectivity index is 2.41. The van der Waals surface area contributed by atoms with Gasteiger partial charge in [-0.15, -0.1) is 0 Å². The minimum atomic E-state index is -0.842. The molecule has 0 saturated carbocycles. The Bertz CT molecular complexity index is 417. The molecule has 2 N–H and O–H groups in total. The molecule has 1 aromatic carbocycles. The minimum Gasteiger partial charge on any atom is -0.481 e. The highest BCUT2D eigenvalue weighted by Gasteiger charge is 2.14. The molecule has 0 radical (unpaired) electrons. The van der Waals surface area contributed by atoms with Gasteiger partial charge in [0.15, 0.2) is 0 Å². The van der Waals surface area contributed by atoms with E-state index in [1.54, 1.807) is 0 Å². The fourth-order valence-corrected chi connectivity index (χ4v) is 1.77. The van der Waals surface area contributed by atoms with Crippen molar-refractivity contribution >= 4 is 27.8 Å². The van der Waals surface area contributed by atoms with Gasteiger partial charge in [0.25, 0.3) is 0 Å². The van der Waals surface area contributed by atoms with Crippen LogP contribution in [0.2, 0.25) is 0 Å². The van der Waals surface area contributed by atoms with Crippen LogP contribution in [0.15, 0.2) is 28.7 Å². The number of hydrogen-bond acceptors (Lipinski definition) is 2. The standard InChI is InChI=1S/C13H16BrNO3/c1-9(10-4-6-11(14)7-5-10)13(18)15-8-2-3-12(16)17/h4-7,9H,2-3,8H2,1H3,(H,15,18)(H,16,17). The monoisotopic (exact) mass is 313 g/mol. The summed E-state index contributed by atoms with van der Waals surface area (Å²) in [4.78, 5) is 22.1. The average Bonchev–Trinajstić information content (AvgIpc) is 2.34. The van der Waals surface area contributed by atoms with Gasteiger partial charge >= 0.3 is 5.97 Å². The third-order valence-electron chi connectivity index (χ3n) is 2.63. The van der Waals surface area contributed by atoms with E-state index in [4.69, 9.17) is 5.11 Å². The number of carbonyl (C=O) groups is 2. The molecule has 1 aromatic rings. The quantitative estimate of drug-likeness (QED) is 0.793. The molecule has 0 aliphatic rings. The van der Waals surface area contributed by atoms with E-state index in [0.29, 0.717) is 13.0 Å². The van der Waals surface area contributed by atoms with E-state index in [0.717, 1.165) is 10.0 Å². The molecular weight excluding hydrogens is 298 g/mol. The number of amides is 1. The van der Waals surface area contributed by atoms with Crippen LogP contribution in [0.3, 0.4) is 0 Å². The molecule has 98 valence electrons. The van der Waals surface area contributed by atoms with Crippen molar-refractivity contribution in [3.8, 4) is 0 Å². The maximum absolute atomic E-state index is 11.8. The van der Waals surface area contributed by atoms with Gasteiger partial charge in [-0.05, 0) is 31.0 Å². The molecule has 0 aliphatic carbocycles. The number of nitrogens with one attached hydrogen (secondary N) is 1. The van der Waals surface area contributed by atoms with Crippen molar-refractivity contribution in [2.24, 2.45) is 0 Å². The van der Waals surface area contributed by atoms with Crippen LogP contribution in [0, 0.1) is 0 Å². The number of hydrogen-bond donors (Lipinski definition) is 2. The molecule has 1 amide bonds. The van der Waals surface area contributed by atoms with Crippen LogP contribution < -0.4 is 5.32 Å². The third-order valence-corrected chi connectivity index (χ3v) is 3.16. The molecule has 1 unspecified atom stereocenters. The number of benzene rings is 1. The van der Waals surface area contributed by atoms with E-state index in [1.807, 2.05) is 31.2 Å². The molecule has 1 rings (SSSR count). The Morgan fingerprint density at radius 3 is 2.50 bits per heavy atom. The van der Waals surface area contributed by atoms with Gasteiger partial charge in [-0.2, -0.15) is 0 Å². The highest BCUT2D eigenvalue weighted by molar-refractivity contribution is 9.10. The Kier molecular flexibility index (Phi) is 5.85. The maximum atomic E-state index is 11.8. The van der Waals surface area contributed by atoms with Crippen molar-refractivity contribution in [2.75, 3.05) is 6.54 Å². The molecule has 0 bridgehead atoms. The van der Waals surface area contributed by atoms with Crippen LogP contribution in [0.4, 0.5) is 0 Å². The third kappa shape index (κ3) is 4.87. The van der Waals surface area contributed by atoms with Crippen LogP contribution in [-0.2, 0) is 9.59 Å². The van der Waals surface area contributed by atoms with Gasteiger partial charge in [-0.25, -0.2) is 0 Å². The number of carboxylic acids is 1. The lowest BCUT2D eigenvalue weighted by molar-refractivity contribution is -0.137. The zero-order valence-corrected chi connectivity index (χ0v) is 11.7. The number of rotatable bonds is 6. The summed E-state index contributed by atoms with van der Waals surface area (Å²) >= 11 is 3.34. The second-order valence-electron chi connectivity index (χ2n) is 4.06. The van der Waals surface area contributed by atoms with Crippen molar-refractivity contribution in [2.45, 2.75) is 25.7 Å². The summed E-state index contributed by atoms with van der Waals surface area (Å²) in [6, 6.07) is 7.57. The molecule has 0 fully saturated rings. The van der Waals surface area contributed by atoms with Gasteiger partial charge in [0.05, 0.1) is 5.92 Å². The van der Waals surface area contributed by atoms with Gasteiger partial charge in [0.2, 0.25) is 5.91 Å². The molecule has 1 atom stereocenters. The van der Waals surface area contributed by atoms with Crippen molar-refractivity contribution in [1.29, 1.82) is 0 Å². The van der Waals surface area contributed by atoms with E-state index in [9.17, 15) is 9.59 Å². The summed E-state index contributed by atoms with van der Waals surface area (Å²) in [5.41, 5.74) is 0.939. The summed E-state index contributed by atoms with van der Waals surface area (Å²) in [5, 5.41) is 11.2. The van der Waals surface area contributed by atoms with Crippen molar-refractivity contribution in [1.82, 2.24) is 5.32 Å². The number of halogens is 1. The molecule has 0 aliphatic heterocycles. The Morgan fingerprint density at radius 1 is 1.33 bits per heavy atom. The predicted octanol–water partition coefficient (Wildman–Crippen LogP) is 2.53. The second kappa shape index (κ2) is 7.16. The van der Waals surface area contributed by atoms with Gasteiger partial charge in [0.1, 0.15) is 0 Å². The normalized spacial score (nSPS) is 11.9. The lowest BCUT2D eigenvalue weighted by Gasteiger charge is -2.12. The highest BCUT2D eigenvalue weighted by Crippen LogP contribution is 2.18. The summed E-state index contributed by atoms with van der Waals surface area (Å²) in [6.45, 7) is 2.22. The van der Waals surface area contributed by atoms with Crippen LogP contribution in [0.1, 0.15) is 31.2 Å². The van der Waals surface area contributed by atoms with Crippen LogP contribution in [-0.4, -0.2) is 23.5 Å². The van der Waals surface area contributed by atoms with Crippen LogP contribution in [0.5, 0.6) is 0 Å². The first-order chi connectivity index (χ1) is 8.50. The zero-order chi connectivity index (χ0) is 13.5. The molecule has 0 heterocycles. The molecule has 0 spiro atoms. The summed E-state index contributed by atoms with van der Waals surface area (Å²) in [6.07, 6.45) is 0.529. The van der Waals surface area contributed by atoms with Crippen molar-refractivity contribution in [3.63, 3.8) is 0 Å². The van der Waals surface area contributed by atoms with Crippen LogP contribution in [0.25, 0.3) is 0 Å². The first-order valence-electron chi connectivity index (χ1n) is 5.75. The van der Waals surface area contributed by atoms with Gasteiger partial charge in [-0.1, -0.05) is 28.1 Å². The van der Waals surface area contributed by atoms with E-state index < -0.39 is 5.97 Å². The smallest absolute Gasteiger partial charge is 0.303 e. The molecule has 4 nitrogen and oxygen atoms in total. The Labute approximate surface area is 115 Å². The van der Waals surface area contributed by atoms with Gasteiger partial charge in [-0.3, -0.25) is 9.59 Å².